The summed E-state index contributed by atoms with van der Waals surface area (Å²) >= 11 is 0. The van der Waals surface area contributed by atoms with Gasteiger partial charge in [0.05, 0.1) is 12.2 Å². The van der Waals surface area contributed by atoms with E-state index in [9.17, 15) is 4.79 Å². The Bertz CT molecular complexity index is 930. The Kier molecular flexibility index (Phi) is 3.45. The van der Waals surface area contributed by atoms with E-state index in [1.807, 2.05) is 37.4 Å². The molecule has 3 N–H and O–H groups in total. The van der Waals surface area contributed by atoms with Gasteiger partial charge in [-0.3, -0.25) is 4.79 Å². The molecule has 0 bridgehead atoms. The van der Waals surface area contributed by atoms with E-state index < -0.39 is 0 Å². The molecule has 1 aliphatic carbocycles. The highest BCUT2D eigenvalue weighted by Gasteiger charge is 2.24. The summed E-state index contributed by atoms with van der Waals surface area (Å²) in [5.41, 5.74) is 11.0. The van der Waals surface area contributed by atoms with Crippen LogP contribution in [0.2, 0.25) is 0 Å². The number of amides is 1. The summed E-state index contributed by atoms with van der Waals surface area (Å²) in [4.78, 5) is 17.2. The lowest BCUT2D eigenvalue weighted by atomic mass is 9.87. The van der Waals surface area contributed by atoms with Gasteiger partial charge in [-0.15, -0.1) is 0 Å². The number of nitrogens with one attached hydrogen (secondary N) is 1. The minimum Gasteiger partial charge on any atom is -0.399 e. The average molecular weight is 321 g/mol. The third-order valence-corrected chi connectivity index (χ3v) is 4.54. The van der Waals surface area contributed by atoms with Crippen LogP contribution < -0.4 is 11.1 Å². The van der Waals surface area contributed by atoms with Crippen molar-refractivity contribution in [3.63, 3.8) is 0 Å². The molecule has 0 spiro atoms. The lowest BCUT2D eigenvalue weighted by Crippen LogP contribution is -2.31. The molecule has 1 aromatic carbocycles. The smallest absolute Gasteiger partial charge is 0.257 e. The first-order chi connectivity index (χ1) is 11.6. The molecule has 122 valence electrons. The quantitative estimate of drug-likeness (QED) is 0.710. The van der Waals surface area contributed by atoms with Crippen molar-refractivity contribution in [2.24, 2.45) is 0 Å². The molecule has 0 fully saturated rings. The first-order valence-electron chi connectivity index (χ1n) is 8.12. The van der Waals surface area contributed by atoms with Gasteiger partial charge in [0, 0.05) is 17.6 Å². The van der Waals surface area contributed by atoms with E-state index in [1.165, 1.54) is 5.56 Å². The van der Waals surface area contributed by atoms with Gasteiger partial charge in [0.1, 0.15) is 5.56 Å². The van der Waals surface area contributed by atoms with Crippen molar-refractivity contribution in [2.45, 2.75) is 32.2 Å². The molecule has 1 unspecified atom stereocenters. The number of aromatic nitrogens is 3. The Labute approximate surface area is 139 Å². The molecule has 1 aliphatic rings. The van der Waals surface area contributed by atoms with Crippen LogP contribution in [0.4, 0.5) is 5.69 Å². The first kappa shape index (κ1) is 14.7. The predicted octanol–water partition coefficient (Wildman–Crippen LogP) is 2.43. The second-order valence-electron chi connectivity index (χ2n) is 6.27. The lowest BCUT2D eigenvalue weighted by molar-refractivity contribution is 0.0934. The number of benzene rings is 1. The van der Waals surface area contributed by atoms with Gasteiger partial charge in [-0.05, 0) is 55.5 Å². The van der Waals surface area contributed by atoms with Crippen molar-refractivity contribution < 1.29 is 4.79 Å². The predicted molar refractivity (Wildman–Crippen MR) is 91.7 cm³/mol. The van der Waals surface area contributed by atoms with Gasteiger partial charge >= 0.3 is 0 Å². The SMILES string of the molecule is Cc1ccn2ncc(C(=O)NC3CCCc4cc(N)ccc43)c2n1. The first-order valence-corrected chi connectivity index (χ1v) is 8.12. The van der Waals surface area contributed by atoms with Crippen molar-refractivity contribution in [1.29, 1.82) is 0 Å². The fraction of sp³-hybridized carbons (Fsp3) is 0.278. The normalized spacial score (nSPS) is 16.8. The van der Waals surface area contributed by atoms with Crippen LogP contribution in [-0.4, -0.2) is 20.5 Å². The molecule has 24 heavy (non-hydrogen) atoms. The maximum atomic E-state index is 12.7. The van der Waals surface area contributed by atoms with Crippen LogP contribution in [0.25, 0.3) is 5.65 Å². The third kappa shape index (κ3) is 2.50. The summed E-state index contributed by atoms with van der Waals surface area (Å²) in [6.07, 6.45) is 6.35. The van der Waals surface area contributed by atoms with Crippen molar-refractivity contribution in [1.82, 2.24) is 19.9 Å². The zero-order valence-corrected chi connectivity index (χ0v) is 13.5. The van der Waals surface area contributed by atoms with Gasteiger partial charge in [0.25, 0.3) is 5.91 Å². The van der Waals surface area contributed by atoms with Gasteiger partial charge in [-0.1, -0.05) is 6.07 Å². The Morgan fingerprint density at radius 2 is 2.25 bits per heavy atom. The van der Waals surface area contributed by atoms with Gasteiger partial charge in [-0.2, -0.15) is 5.10 Å². The molecule has 1 amide bonds. The van der Waals surface area contributed by atoms with Gasteiger partial charge in [0.2, 0.25) is 0 Å². The average Bonchev–Trinajstić information content (AvgIpc) is 2.97. The molecule has 1 atom stereocenters. The number of carbonyl (C=O) groups is 1. The molecular formula is C18H19N5O. The van der Waals surface area contributed by atoms with E-state index in [2.05, 4.69) is 15.4 Å². The molecule has 6 nitrogen and oxygen atoms in total. The molecule has 2 aromatic heterocycles. The van der Waals surface area contributed by atoms with Crippen molar-refractivity contribution in [3.05, 3.63) is 59.0 Å². The zero-order valence-electron chi connectivity index (χ0n) is 13.5. The van der Waals surface area contributed by atoms with E-state index in [1.54, 1.807) is 10.7 Å². The van der Waals surface area contributed by atoms with Crippen LogP contribution in [0, 0.1) is 6.92 Å². The standard InChI is InChI=1S/C18H19N5O/c1-11-7-8-23-17(21-11)15(10-20-23)18(24)22-16-4-2-3-12-9-13(19)5-6-14(12)16/h5-10,16H,2-4,19H2,1H3,(H,22,24). The van der Waals surface area contributed by atoms with E-state index in [-0.39, 0.29) is 11.9 Å². The summed E-state index contributed by atoms with van der Waals surface area (Å²) in [6, 6.07) is 7.79. The molecule has 4 rings (SSSR count). The van der Waals surface area contributed by atoms with Crippen LogP contribution in [0.3, 0.4) is 0 Å². The van der Waals surface area contributed by atoms with Crippen LogP contribution in [-0.2, 0) is 6.42 Å². The Hall–Kier alpha value is -2.89. The van der Waals surface area contributed by atoms with Crippen molar-refractivity contribution >= 4 is 17.2 Å². The van der Waals surface area contributed by atoms with Gasteiger partial charge in [-0.25, -0.2) is 9.50 Å². The molecule has 2 heterocycles. The number of nitrogens with two attached hydrogens (primary N) is 1. The fourth-order valence-electron chi connectivity index (χ4n) is 3.34. The Balaban J connectivity index is 1.64. The molecule has 3 aromatic rings. The van der Waals surface area contributed by atoms with Crippen LogP contribution >= 0.6 is 0 Å². The molecular weight excluding hydrogens is 302 g/mol. The molecule has 0 radical (unpaired) electrons. The van der Waals surface area contributed by atoms with E-state index in [0.717, 1.165) is 36.2 Å². The van der Waals surface area contributed by atoms with Crippen molar-refractivity contribution in [2.75, 3.05) is 5.73 Å². The van der Waals surface area contributed by atoms with Gasteiger partial charge < -0.3 is 11.1 Å². The third-order valence-electron chi connectivity index (χ3n) is 4.54. The number of nitrogens with zero attached hydrogens (tertiary/aromatic N) is 3. The number of hydrogen-bond donors (Lipinski definition) is 2. The Morgan fingerprint density at radius 3 is 3.12 bits per heavy atom. The number of rotatable bonds is 2. The second-order valence-corrected chi connectivity index (χ2v) is 6.27. The minimum absolute atomic E-state index is 0.00149. The maximum absolute atomic E-state index is 12.7. The van der Waals surface area contributed by atoms with Gasteiger partial charge in [0.15, 0.2) is 5.65 Å². The summed E-state index contributed by atoms with van der Waals surface area (Å²) in [7, 11) is 0. The lowest BCUT2D eigenvalue weighted by Gasteiger charge is -2.26. The summed E-state index contributed by atoms with van der Waals surface area (Å²) < 4.78 is 1.62. The fourth-order valence-corrected chi connectivity index (χ4v) is 3.34. The van der Waals surface area contributed by atoms with Crippen LogP contribution in [0.1, 0.15) is 46.1 Å². The number of anilines is 1. The van der Waals surface area contributed by atoms with Crippen molar-refractivity contribution in [3.8, 4) is 0 Å². The molecule has 0 saturated carbocycles. The highest BCUT2D eigenvalue weighted by molar-refractivity contribution is 5.99. The minimum atomic E-state index is -0.141. The summed E-state index contributed by atoms with van der Waals surface area (Å²) in [5, 5.41) is 7.34. The topological polar surface area (TPSA) is 85.3 Å². The Morgan fingerprint density at radius 1 is 1.38 bits per heavy atom. The number of aryl methyl sites for hydroxylation is 2. The second kappa shape index (κ2) is 5.63. The molecule has 6 heteroatoms. The maximum Gasteiger partial charge on any atom is 0.257 e. The largest absolute Gasteiger partial charge is 0.399 e. The van der Waals surface area contributed by atoms with E-state index in [0.29, 0.717) is 11.2 Å². The van der Waals surface area contributed by atoms with E-state index in [4.69, 9.17) is 5.73 Å². The number of hydrogen-bond acceptors (Lipinski definition) is 4. The zero-order chi connectivity index (χ0) is 16.7. The summed E-state index contributed by atoms with van der Waals surface area (Å²) in [6.45, 7) is 1.90. The highest BCUT2D eigenvalue weighted by atomic mass is 16.1. The highest BCUT2D eigenvalue weighted by Crippen LogP contribution is 2.31. The van der Waals surface area contributed by atoms with Crippen LogP contribution in [0.5, 0.6) is 0 Å². The monoisotopic (exact) mass is 321 g/mol. The number of carbonyl (C=O) groups excluding carboxylic acids is 1. The van der Waals surface area contributed by atoms with Crippen LogP contribution in [0.15, 0.2) is 36.7 Å². The number of fused-ring (bicyclic) bond motifs is 2. The van der Waals surface area contributed by atoms with E-state index >= 15 is 0 Å². The molecule has 0 aliphatic heterocycles. The summed E-state index contributed by atoms with van der Waals surface area (Å²) in [5.74, 6) is -0.141. The molecule has 0 saturated heterocycles. The number of nitrogen functional groups attached to an aromatic ring is 1.